The third-order valence-corrected chi connectivity index (χ3v) is 8.36. The number of likely N-dealkylation sites (tertiary alicyclic amines) is 1. The number of aromatic nitrogens is 2. The van der Waals surface area contributed by atoms with Crippen LogP contribution in [0.2, 0.25) is 0 Å². The van der Waals surface area contributed by atoms with Crippen molar-refractivity contribution in [2.24, 2.45) is 28.9 Å². The Labute approximate surface area is 179 Å². The second-order valence-electron chi connectivity index (χ2n) is 10.2. The van der Waals surface area contributed by atoms with Crippen LogP contribution in [0.3, 0.4) is 0 Å². The first-order valence-corrected chi connectivity index (χ1v) is 11.4. The van der Waals surface area contributed by atoms with Gasteiger partial charge in [-0.1, -0.05) is 12.1 Å². The Balaban J connectivity index is 1.16. The van der Waals surface area contributed by atoms with Gasteiger partial charge in [0.1, 0.15) is 6.10 Å². The number of hydrogen-bond acceptors (Lipinski definition) is 4. The van der Waals surface area contributed by atoms with E-state index in [2.05, 4.69) is 4.98 Å². The maximum absolute atomic E-state index is 13.0. The standard InChI is InChI=1S/C23H28N4O4/c24-20(28)23-9-13-7-14(10-23)19(15(8-13)11-23)31-22(30)26-6-5-16(12-26)27-18-4-2-1-3-17(18)25-21(27)29/h1-4,13-16,19H,5-12H2,(H2,24,28)(H,25,29)/t13?,14-,15?,16?,19?,23?/m1/s1. The van der Waals surface area contributed by atoms with E-state index in [9.17, 15) is 14.4 Å². The molecular formula is C23H28N4O4. The molecule has 164 valence electrons. The van der Waals surface area contributed by atoms with Gasteiger partial charge in [-0.3, -0.25) is 9.36 Å². The summed E-state index contributed by atoms with van der Waals surface area (Å²) in [6, 6.07) is 7.57. The Morgan fingerprint density at radius 2 is 1.87 bits per heavy atom. The number of aromatic amines is 1. The summed E-state index contributed by atoms with van der Waals surface area (Å²) in [5.74, 6) is 0.822. The van der Waals surface area contributed by atoms with Gasteiger partial charge in [0.05, 0.1) is 22.5 Å². The summed E-state index contributed by atoms with van der Waals surface area (Å²) < 4.78 is 7.82. The number of benzene rings is 1. The molecule has 3 N–H and O–H groups in total. The summed E-state index contributed by atoms with van der Waals surface area (Å²) in [5.41, 5.74) is 6.92. The monoisotopic (exact) mass is 424 g/mol. The molecule has 8 heteroatoms. The quantitative estimate of drug-likeness (QED) is 0.788. The lowest BCUT2D eigenvalue weighted by Crippen LogP contribution is -2.59. The molecule has 4 aliphatic carbocycles. The van der Waals surface area contributed by atoms with Gasteiger partial charge in [0.2, 0.25) is 5.91 Å². The number of nitrogens with one attached hydrogen (secondary N) is 1. The lowest BCUT2D eigenvalue weighted by molar-refractivity contribution is -0.161. The van der Waals surface area contributed by atoms with Crippen molar-refractivity contribution < 1.29 is 14.3 Å². The predicted octanol–water partition coefficient (Wildman–Crippen LogP) is 2.39. The second kappa shape index (κ2) is 6.61. The smallest absolute Gasteiger partial charge is 0.410 e. The van der Waals surface area contributed by atoms with E-state index in [1.807, 2.05) is 24.3 Å². The normalized spacial score (nSPS) is 36.3. The number of hydrogen-bond donors (Lipinski definition) is 2. The zero-order valence-electron chi connectivity index (χ0n) is 17.5. The van der Waals surface area contributed by atoms with E-state index in [1.54, 1.807) is 9.47 Å². The molecule has 5 fully saturated rings. The van der Waals surface area contributed by atoms with Crippen LogP contribution >= 0.6 is 0 Å². The van der Waals surface area contributed by atoms with Crippen LogP contribution in [0.5, 0.6) is 0 Å². The van der Waals surface area contributed by atoms with Crippen molar-refractivity contribution in [3.63, 3.8) is 0 Å². The highest BCUT2D eigenvalue weighted by Gasteiger charge is 2.59. The van der Waals surface area contributed by atoms with Crippen molar-refractivity contribution in [3.8, 4) is 0 Å². The number of carbonyl (C=O) groups is 2. The Morgan fingerprint density at radius 3 is 2.61 bits per heavy atom. The Hall–Kier alpha value is -2.77. The second-order valence-corrected chi connectivity index (χ2v) is 10.2. The van der Waals surface area contributed by atoms with Crippen molar-refractivity contribution in [2.75, 3.05) is 13.1 Å². The largest absolute Gasteiger partial charge is 0.446 e. The molecule has 5 unspecified atom stereocenters. The number of amides is 2. The van der Waals surface area contributed by atoms with Crippen molar-refractivity contribution in [2.45, 2.75) is 50.7 Å². The van der Waals surface area contributed by atoms with E-state index in [0.717, 1.165) is 49.6 Å². The first-order valence-electron chi connectivity index (χ1n) is 11.4. The van der Waals surface area contributed by atoms with Gasteiger partial charge in [0.25, 0.3) is 0 Å². The minimum absolute atomic E-state index is 0.0622. The molecule has 6 atom stereocenters. The molecule has 1 aromatic heterocycles. The van der Waals surface area contributed by atoms with E-state index < -0.39 is 0 Å². The molecule has 0 spiro atoms. The molecule has 2 aromatic rings. The topological polar surface area (TPSA) is 110 Å². The summed E-state index contributed by atoms with van der Waals surface area (Å²) in [6.45, 7) is 1.04. The van der Waals surface area contributed by atoms with Crippen LogP contribution in [0.4, 0.5) is 4.79 Å². The molecule has 2 amide bonds. The van der Waals surface area contributed by atoms with Gasteiger partial charge in [0.15, 0.2) is 0 Å². The average Bonchev–Trinajstić information content (AvgIpc) is 3.33. The maximum Gasteiger partial charge on any atom is 0.410 e. The first kappa shape index (κ1) is 19.0. The highest BCUT2D eigenvalue weighted by molar-refractivity contribution is 5.81. The van der Waals surface area contributed by atoms with Crippen LogP contribution in [-0.4, -0.2) is 45.6 Å². The molecule has 1 saturated heterocycles. The molecule has 7 rings (SSSR count). The zero-order chi connectivity index (χ0) is 21.3. The van der Waals surface area contributed by atoms with Crippen molar-refractivity contribution in [1.82, 2.24) is 14.5 Å². The summed E-state index contributed by atoms with van der Waals surface area (Å²) >= 11 is 0. The number of imidazole rings is 1. The van der Waals surface area contributed by atoms with Gasteiger partial charge in [-0.05, 0) is 68.4 Å². The molecule has 0 radical (unpaired) electrons. The fourth-order valence-electron chi connectivity index (χ4n) is 7.22. The summed E-state index contributed by atoms with van der Waals surface area (Å²) in [4.78, 5) is 42.3. The molecule has 1 aliphatic heterocycles. The lowest BCUT2D eigenvalue weighted by atomic mass is 9.48. The van der Waals surface area contributed by atoms with Gasteiger partial charge in [-0.15, -0.1) is 0 Å². The van der Waals surface area contributed by atoms with Gasteiger partial charge < -0.3 is 20.4 Å². The predicted molar refractivity (Wildman–Crippen MR) is 113 cm³/mol. The Bertz CT molecular complexity index is 1100. The van der Waals surface area contributed by atoms with Gasteiger partial charge >= 0.3 is 11.8 Å². The number of rotatable bonds is 3. The van der Waals surface area contributed by atoms with Crippen LogP contribution in [-0.2, 0) is 9.53 Å². The van der Waals surface area contributed by atoms with E-state index in [-0.39, 0.29) is 47.1 Å². The molecule has 4 bridgehead atoms. The van der Waals surface area contributed by atoms with Crippen LogP contribution in [0.15, 0.2) is 29.1 Å². The summed E-state index contributed by atoms with van der Waals surface area (Å²) in [7, 11) is 0. The van der Waals surface area contributed by atoms with Crippen molar-refractivity contribution in [3.05, 3.63) is 34.7 Å². The molecule has 4 saturated carbocycles. The number of ether oxygens (including phenoxy) is 1. The Kier molecular flexibility index (Phi) is 4.04. The SMILES string of the molecule is NC(=O)C12CC3CC(C1)C(OC(=O)N1CCC(n4c(=O)[nH]c5ccccc54)C1)[C@H](C3)C2. The minimum atomic E-state index is -0.380. The van der Waals surface area contributed by atoms with Crippen molar-refractivity contribution >= 4 is 23.0 Å². The molecular weight excluding hydrogens is 396 g/mol. The van der Waals surface area contributed by atoms with Crippen LogP contribution in [0.1, 0.15) is 44.6 Å². The van der Waals surface area contributed by atoms with Gasteiger partial charge in [-0.2, -0.15) is 0 Å². The minimum Gasteiger partial charge on any atom is -0.446 e. The van der Waals surface area contributed by atoms with E-state index in [1.165, 1.54) is 0 Å². The number of primary amides is 1. The third kappa shape index (κ3) is 2.83. The molecule has 1 aromatic carbocycles. The molecule has 5 aliphatic rings. The highest BCUT2D eigenvalue weighted by atomic mass is 16.6. The molecule has 8 nitrogen and oxygen atoms in total. The Morgan fingerprint density at radius 1 is 1.13 bits per heavy atom. The van der Waals surface area contributed by atoms with Crippen LogP contribution < -0.4 is 11.4 Å². The van der Waals surface area contributed by atoms with E-state index in [4.69, 9.17) is 10.5 Å². The number of nitrogens with zero attached hydrogens (tertiary/aromatic N) is 2. The van der Waals surface area contributed by atoms with Crippen LogP contribution in [0, 0.1) is 23.2 Å². The number of H-pyrrole nitrogens is 1. The molecule has 31 heavy (non-hydrogen) atoms. The maximum atomic E-state index is 13.0. The summed E-state index contributed by atoms with van der Waals surface area (Å²) in [6.07, 6.45) is 4.77. The number of fused-ring (bicyclic) bond motifs is 1. The van der Waals surface area contributed by atoms with E-state index >= 15 is 0 Å². The van der Waals surface area contributed by atoms with Gasteiger partial charge in [0, 0.05) is 13.1 Å². The number of carbonyl (C=O) groups excluding carboxylic acids is 2. The fourth-order valence-corrected chi connectivity index (χ4v) is 7.22. The lowest BCUT2D eigenvalue weighted by Gasteiger charge is -2.58. The molecule has 2 heterocycles. The zero-order valence-corrected chi connectivity index (χ0v) is 17.5. The average molecular weight is 425 g/mol. The number of nitrogens with two attached hydrogens (primary N) is 1. The number of para-hydroxylation sites is 2. The van der Waals surface area contributed by atoms with Crippen molar-refractivity contribution in [1.29, 1.82) is 0 Å². The fraction of sp³-hybridized carbons (Fsp3) is 0.609. The van der Waals surface area contributed by atoms with E-state index in [0.29, 0.717) is 19.0 Å². The first-order chi connectivity index (χ1) is 14.9. The summed E-state index contributed by atoms with van der Waals surface area (Å²) in [5, 5.41) is 0. The van der Waals surface area contributed by atoms with Gasteiger partial charge in [-0.25, -0.2) is 9.59 Å². The van der Waals surface area contributed by atoms with Crippen LogP contribution in [0.25, 0.3) is 11.0 Å². The highest BCUT2D eigenvalue weighted by Crippen LogP contribution is 2.60. The third-order valence-electron chi connectivity index (χ3n) is 8.36.